The molecule has 2 aromatic rings. The summed E-state index contributed by atoms with van der Waals surface area (Å²) in [5.41, 5.74) is -3.31. The SMILES string of the molecule is N#CC(=Cc1ccc(SC(F)(F)F)cc1)c1nnc2n1CCCCC2. The molecule has 130 valence electrons. The number of fused-ring (bicyclic) bond motifs is 1. The van der Waals surface area contributed by atoms with Gasteiger partial charge in [0.05, 0.1) is 5.57 Å². The zero-order valence-electron chi connectivity index (χ0n) is 13.3. The van der Waals surface area contributed by atoms with Gasteiger partial charge in [-0.25, -0.2) is 0 Å². The number of hydrogen-bond donors (Lipinski definition) is 0. The molecule has 0 N–H and O–H groups in total. The van der Waals surface area contributed by atoms with Crippen LogP contribution in [-0.2, 0) is 13.0 Å². The van der Waals surface area contributed by atoms with Crippen LogP contribution in [-0.4, -0.2) is 20.3 Å². The van der Waals surface area contributed by atoms with E-state index < -0.39 is 5.51 Å². The van der Waals surface area contributed by atoms with Crippen LogP contribution < -0.4 is 0 Å². The summed E-state index contributed by atoms with van der Waals surface area (Å²) < 4.78 is 39.1. The molecule has 0 saturated heterocycles. The summed E-state index contributed by atoms with van der Waals surface area (Å²) >= 11 is -0.159. The van der Waals surface area contributed by atoms with Crippen LogP contribution in [0.25, 0.3) is 11.6 Å². The molecule has 1 aliphatic rings. The number of benzene rings is 1. The summed E-state index contributed by atoms with van der Waals surface area (Å²) in [6, 6.07) is 8.03. The summed E-state index contributed by atoms with van der Waals surface area (Å²) in [5.74, 6) is 1.40. The van der Waals surface area contributed by atoms with Crippen LogP contribution >= 0.6 is 11.8 Å². The maximum absolute atomic E-state index is 12.4. The summed E-state index contributed by atoms with van der Waals surface area (Å²) in [6.07, 6.45) is 5.66. The van der Waals surface area contributed by atoms with Crippen LogP contribution in [0.5, 0.6) is 0 Å². The van der Waals surface area contributed by atoms with Crippen molar-refractivity contribution in [2.75, 3.05) is 0 Å². The average molecular weight is 364 g/mol. The highest BCUT2D eigenvalue weighted by Crippen LogP contribution is 2.36. The number of rotatable bonds is 3. The van der Waals surface area contributed by atoms with E-state index in [1.54, 1.807) is 18.2 Å². The van der Waals surface area contributed by atoms with Crippen LogP contribution in [0.1, 0.15) is 36.5 Å². The van der Waals surface area contributed by atoms with Crippen LogP contribution in [0.3, 0.4) is 0 Å². The lowest BCUT2D eigenvalue weighted by Gasteiger charge is -2.07. The van der Waals surface area contributed by atoms with E-state index in [-0.39, 0.29) is 16.7 Å². The maximum Gasteiger partial charge on any atom is 0.446 e. The molecule has 8 heteroatoms. The number of halogens is 3. The average Bonchev–Trinajstić information content (AvgIpc) is 2.81. The molecule has 1 aromatic carbocycles. The number of aryl methyl sites for hydroxylation is 1. The number of alkyl halides is 3. The van der Waals surface area contributed by atoms with Crippen LogP contribution in [0, 0.1) is 11.3 Å². The summed E-state index contributed by atoms with van der Waals surface area (Å²) in [5, 5.41) is 17.8. The van der Waals surface area contributed by atoms with Crippen LogP contribution in [0.15, 0.2) is 29.2 Å². The van der Waals surface area contributed by atoms with Gasteiger partial charge in [0, 0.05) is 17.9 Å². The molecule has 0 atom stereocenters. The molecule has 1 aromatic heterocycles. The van der Waals surface area contributed by atoms with Gasteiger partial charge in [-0.1, -0.05) is 18.6 Å². The maximum atomic E-state index is 12.4. The van der Waals surface area contributed by atoms with E-state index in [2.05, 4.69) is 16.3 Å². The highest BCUT2D eigenvalue weighted by Gasteiger charge is 2.29. The number of aromatic nitrogens is 3. The molecule has 0 aliphatic carbocycles. The minimum absolute atomic E-state index is 0.111. The van der Waals surface area contributed by atoms with Gasteiger partial charge in [-0.15, -0.1) is 10.2 Å². The lowest BCUT2D eigenvalue weighted by molar-refractivity contribution is -0.0328. The smallest absolute Gasteiger partial charge is 0.310 e. The molecule has 2 heterocycles. The number of thioether (sulfide) groups is 1. The Bertz CT molecular complexity index is 816. The molecule has 0 saturated carbocycles. The Kier molecular flexibility index (Phi) is 5.13. The molecule has 0 bridgehead atoms. The van der Waals surface area contributed by atoms with Gasteiger partial charge in [0.2, 0.25) is 0 Å². The first-order chi connectivity index (χ1) is 12.0. The van der Waals surface area contributed by atoms with E-state index in [0.29, 0.717) is 17.0 Å². The second kappa shape index (κ2) is 7.31. The second-order valence-corrected chi connectivity index (χ2v) is 6.83. The number of hydrogen-bond acceptors (Lipinski definition) is 4. The molecule has 4 nitrogen and oxygen atoms in total. The monoisotopic (exact) mass is 364 g/mol. The topological polar surface area (TPSA) is 54.5 Å². The molecule has 0 spiro atoms. The van der Waals surface area contributed by atoms with E-state index in [1.807, 2.05) is 4.57 Å². The molecule has 3 rings (SSSR count). The van der Waals surface area contributed by atoms with E-state index in [4.69, 9.17) is 0 Å². The van der Waals surface area contributed by atoms with Crippen LogP contribution in [0.2, 0.25) is 0 Å². The minimum atomic E-state index is -4.31. The van der Waals surface area contributed by atoms with Crippen molar-refractivity contribution in [1.82, 2.24) is 14.8 Å². The lowest BCUT2D eigenvalue weighted by atomic mass is 10.1. The minimum Gasteiger partial charge on any atom is -0.310 e. The number of nitrogens with zero attached hydrogens (tertiary/aromatic N) is 4. The van der Waals surface area contributed by atoms with Gasteiger partial charge in [-0.2, -0.15) is 18.4 Å². The Morgan fingerprint density at radius 1 is 1.16 bits per heavy atom. The van der Waals surface area contributed by atoms with Gasteiger partial charge in [0.1, 0.15) is 11.9 Å². The first-order valence-electron chi connectivity index (χ1n) is 7.86. The summed E-state index contributed by atoms with van der Waals surface area (Å²) in [7, 11) is 0. The lowest BCUT2D eigenvalue weighted by Crippen LogP contribution is -2.05. The molecular formula is C17H15F3N4S. The van der Waals surface area contributed by atoms with Gasteiger partial charge in [0.25, 0.3) is 0 Å². The summed E-state index contributed by atoms with van der Waals surface area (Å²) in [4.78, 5) is 0.111. The molecule has 25 heavy (non-hydrogen) atoms. The van der Waals surface area contributed by atoms with Crippen molar-refractivity contribution in [2.24, 2.45) is 0 Å². The normalized spacial score (nSPS) is 15.4. The molecule has 0 radical (unpaired) electrons. The van der Waals surface area contributed by atoms with Crippen molar-refractivity contribution >= 4 is 23.4 Å². The number of allylic oxidation sites excluding steroid dienone is 1. The van der Waals surface area contributed by atoms with Crippen molar-refractivity contribution in [3.63, 3.8) is 0 Å². The Morgan fingerprint density at radius 3 is 2.60 bits per heavy atom. The van der Waals surface area contributed by atoms with Crippen molar-refractivity contribution in [2.45, 2.75) is 42.6 Å². The van der Waals surface area contributed by atoms with Gasteiger partial charge >= 0.3 is 5.51 Å². The van der Waals surface area contributed by atoms with Crippen molar-refractivity contribution in [1.29, 1.82) is 5.26 Å². The van der Waals surface area contributed by atoms with Crippen molar-refractivity contribution in [3.8, 4) is 6.07 Å². The Labute approximate surface area is 147 Å². The Hall–Kier alpha value is -2.27. The van der Waals surface area contributed by atoms with Crippen molar-refractivity contribution < 1.29 is 13.2 Å². The predicted octanol–water partition coefficient (Wildman–Crippen LogP) is 4.68. The van der Waals surface area contributed by atoms with Gasteiger partial charge in [-0.3, -0.25) is 0 Å². The second-order valence-electron chi connectivity index (χ2n) is 5.69. The molecule has 1 aliphatic heterocycles. The molecular weight excluding hydrogens is 349 g/mol. The standard InChI is InChI=1S/C17H15F3N4S/c18-17(19,20)25-14-7-5-12(6-8-14)10-13(11-21)16-23-22-15-4-2-1-3-9-24(15)16/h5-8,10H,1-4,9H2. The third-order valence-corrected chi connectivity index (χ3v) is 4.63. The van der Waals surface area contributed by atoms with Gasteiger partial charge < -0.3 is 4.57 Å². The predicted molar refractivity (Wildman–Crippen MR) is 89.4 cm³/mol. The van der Waals surface area contributed by atoms with E-state index in [0.717, 1.165) is 38.1 Å². The van der Waals surface area contributed by atoms with E-state index >= 15 is 0 Å². The third-order valence-electron chi connectivity index (χ3n) is 3.90. The molecule has 0 fully saturated rings. The zero-order chi connectivity index (χ0) is 17.9. The largest absolute Gasteiger partial charge is 0.446 e. The Morgan fingerprint density at radius 2 is 1.92 bits per heavy atom. The van der Waals surface area contributed by atoms with E-state index in [1.165, 1.54) is 12.1 Å². The van der Waals surface area contributed by atoms with Gasteiger partial charge in [-0.05, 0) is 48.4 Å². The van der Waals surface area contributed by atoms with Crippen LogP contribution in [0.4, 0.5) is 13.2 Å². The van der Waals surface area contributed by atoms with E-state index in [9.17, 15) is 18.4 Å². The fraction of sp³-hybridized carbons (Fsp3) is 0.353. The quantitative estimate of drug-likeness (QED) is 0.586. The first-order valence-corrected chi connectivity index (χ1v) is 8.68. The fourth-order valence-electron chi connectivity index (χ4n) is 2.76. The highest BCUT2D eigenvalue weighted by atomic mass is 32.2. The zero-order valence-corrected chi connectivity index (χ0v) is 14.1. The fourth-order valence-corrected chi connectivity index (χ4v) is 3.30. The molecule has 0 unspecified atom stereocenters. The number of nitriles is 1. The third kappa shape index (κ3) is 4.42. The van der Waals surface area contributed by atoms with Crippen molar-refractivity contribution in [3.05, 3.63) is 41.5 Å². The van der Waals surface area contributed by atoms with Gasteiger partial charge in [0.15, 0.2) is 5.82 Å². The summed E-state index contributed by atoms with van der Waals surface area (Å²) in [6.45, 7) is 0.776. The highest BCUT2D eigenvalue weighted by molar-refractivity contribution is 8.00. The Balaban J connectivity index is 1.86. The first kappa shape index (κ1) is 17.5. The molecule has 0 amide bonds.